The van der Waals surface area contributed by atoms with E-state index in [9.17, 15) is 9.59 Å². The van der Waals surface area contributed by atoms with Crippen molar-refractivity contribution in [3.8, 4) is 0 Å². The average molecular weight is 332 g/mol. The molecule has 2 amide bonds. The Morgan fingerprint density at radius 2 is 2.17 bits per heavy atom. The Hall–Kier alpha value is -2.32. The Morgan fingerprint density at radius 1 is 1.39 bits per heavy atom. The van der Waals surface area contributed by atoms with Crippen molar-refractivity contribution in [3.05, 3.63) is 35.3 Å². The van der Waals surface area contributed by atoms with Gasteiger partial charge in [0.05, 0.1) is 5.92 Å². The fourth-order valence-corrected chi connectivity index (χ4v) is 3.15. The number of carbonyl (C=O) groups excluding carboxylic acids is 2. The Bertz CT molecular complexity index is 704. The molecule has 1 aromatic heterocycles. The second kappa shape index (κ2) is 6.84. The maximum Gasteiger partial charge on any atom is 0.231 e. The van der Waals surface area contributed by atoms with Gasteiger partial charge in [-0.25, -0.2) is 0 Å². The van der Waals surface area contributed by atoms with Gasteiger partial charge in [0.2, 0.25) is 16.9 Å². The molecule has 1 saturated heterocycles. The van der Waals surface area contributed by atoms with Crippen LogP contribution in [0, 0.1) is 5.92 Å². The molecule has 0 aliphatic carbocycles. The Labute approximate surface area is 137 Å². The van der Waals surface area contributed by atoms with Gasteiger partial charge in [-0.15, -0.1) is 10.2 Å². The van der Waals surface area contributed by atoms with Crippen molar-refractivity contribution in [2.24, 2.45) is 5.92 Å². The maximum absolute atomic E-state index is 12.3. The number of carbonyl (C=O) groups is 2. The number of benzene rings is 1. The molecule has 8 heteroatoms. The topological polar surface area (TPSA) is 84.4 Å². The molecule has 1 N–H and O–H groups in total. The number of methoxy groups -OCH3 is 1. The van der Waals surface area contributed by atoms with E-state index in [2.05, 4.69) is 15.5 Å². The third kappa shape index (κ3) is 3.54. The third-order valence-corrected chi connectivity index (χ3v) is 4.34. The van der Waals surface area contributed by atoms with Gasteiger partial charge in [0, 0.05) is 25.8 Å². The number of ether oxygens (including phenoxy) is 1. The van der Waals surface area contributed by atoms with Crippen LogP contribution in [0.1, 0.15) is 11.4 Å². The fourth-order valence-electron chi connectivity index (χ4n) is 2.43. The van der Waals surface area contributed by atoms with Crippen LogP contribution in [0.15, 0.2) is 30.3 Å². The number of amides is 2. The number of hydrogen-bond donors (Lipinski definition) is 1. The van der Waals surface area contributed by atoms with Crippen molar-refractivity contribution < 1.29 is 14.3 Å². The zero-order chi connectivity index (χ0) is 16.2. The quantitative estimate of drug-likeness (QED) is 0.900. The number of hydrogen-bond acceptors (Lipinski definition) is 6. The van der Waals surface area contributed by atoms with Crippen LogP contribution in [-0.2, 0) is 20.9 Å². The number of nitrogens with zero attached hydrogens (tertiary/aromatic N) is 3. The van der Waals surface area contributed by atoms with Crippen LogP contribution in [0.5, 0.6) is 0 Å². The summed E-state index contributed by atoms with van der Waals surface area (Å²) in [5.74, 6) is -0.650. The lowest BCUT2D eigenvalue weighted by atomic mass is 10.1. The summed E-state index contributed by atoms with van der Waals surface area (Å²) in [4.78, 5) is 26.1. The van der Waals surface area contributed by atoms with Gasteiger partial charge in [-0.2, -0.15) is 0 Å². The molecule has 1 fully saturated rings. The maximum atomic E-state index is 12.3. The molecule has 7 nitrogen and oxygen atoms in total. The molecule has 1 unspecified atom stereocenters. The highest BCUT2D eigenvalue weighted by Gasteiger charge is 2.35. The van der Waals surface area contributed by atoms with E-state index in [0.717, 1.165) is 5.69 Å². The zero-order valence-corrected chi connectivity index (χ0v) is 13.4. The average Bonchev–Trinajstić information content (AvgIpc) is 3.15. The first-order valence-electron chi connectivity index (χ1n) is 7.15. The van der Waals surface area contributed by atoms with Crippen LogP contribution in [0.25, 0.3) is 0 Å². The van der Waals surface area contributed by atoms with Crippen molar-refractivity contribution in [1.29, 1.82) is 0 Å². The summed E-state index contributed by atoms with van der Waals surface area (Å²) < 4.78 is 4.97. The highest BCUT2D eigenvalue weighted by Crippen LogP contribution is 2.26. The van der Waals surface area contributed by atoms with Crippen LogP contribution in [0.3, 0.4) is 0 Å². The van der Waals surface area contributed by atoms with E-state index < -0.39 is 5.92 Å². The zero-order valence-electron chi connectivity index (χ0n) is 12.6. The molecule has 0 bridgehead atoms. The first kappa shape index (κ1) is 15.6. The lowest BCUT2D eigenvalue weighted by Crippen LogP contribution is -2.28. The molecule has 1 atom stereocenters. The minimum Gasteiger partial charge on any atom is -0.377 e. The molecule has 2 aromatic rings. The number of aromatic nitrogens is 2. The number of rotatable bonds is 5. The van der Waals surface area contributed by atoms with Crippen LogP contribution in [0.4, 0.5) is 10.8 Å². The summed E-state index contributed by atoms with van der Waals surface area (Å²) in [6.07, 6.45) is 0.199. The third-order valence-electron chi connectivity index (χ3n) is 3.53. The summed E-state index contributed by atoms with van der Waals surface area (Å²) in [6.45, 7) is 0.732. The van der Waals surface area contributed by atoms with Crippen LogP contribution in [0.2, 0.25) is 0 Å². The standard InChI is InChI=1S/C15H16N4O3S/c1-22-9-12-17-18-15(23-12)16-14(21)10-7-13(20)19(8-10)11-5-3-2-4-6-11/h2-6,10H,7-9H2,1H3,(H,16,18,21). The molecule has 2 heterocycles. The van der Waals surface area contributed by atoms with Crippen molar-refractivity contribution in [2.45, 2.75) is 13.0 Å². The van der Waals surface area contributed by atoms with E-state index in [1.54, 1.807) is 12.0 Å². The molecule has 0 radical (unpaired) electrons. The monoisotopic (exact) mass is 332 g/mol. The van der Waals surface area contributed by atoms with Gasteiger partial charge < -0.3 is 15.0 Å². The summed E-state index contributed by atoms with van der Waals surface area (Å²) >= 11 is 1.26. The normalized spacial score (nSPS) is 17.5. The van der Waals surface area contributed by atoms with Gasteiger partial charge in [-0.3, -0.25) is 9.59 Å². The van der Waals surface area contributed by atoms with Gasteiger partial charge in [0.15, 0.2) is 0 Å². The van der Waals surface area contributed by atoms with Gasteiger partial charge in [-0.1, -0.05) is 29.5 Å². The van der Waals surface area contributed by atoms with Crippen molar-refractivity contribution in [3.63, 3.8) is 0 Å². The molecule has 3 rings (SSSR count). The summed E-state index contributed by atoms with van der Waals surface area (Å²) in [7, 11) is 1.57. The molecule has 0 saturated carbocycles. The minimum absolute atomic E-state index is 0.0475. The second-order valence-corrected chi connectivity index (χ2v) is 6.23. The highest BCUT2D eigenvalue weighted by molar-refractivity contribution is 7.15. The lowest BCUT2D eigenvalue weighted by Gasteiger charge is -2.16. The molecular formula is C15H16N4O3S. The highest BCUT2D eigenvalue weighted by atomic mass is 32.1. The molecule has 1 aliphatic rings. The minimum atomic E-state index is -0.391. The molecule has 1 aromatic carbocycles. The van der Waals surface area contributed by atoms with Gasteiger partial charge >= 0.3 is 0 Å². The predicted octanol–water partition coefficient (Wildman–Crippen LogP) is 1.68. The summed E-state index contributed by atoms with van der Waals surface area (Å²) in [6, 6.07) is 9.35. The molecular weight excluding hydrogens is 316 g/mol. The van der Waals surface area contributed by atoms with E-state index in [1.807, 2.05) is 30.3 Å². The van der Waals surface area contributed by atoms with Crippen molar-refractivity contribution in [2.75, 3.05) is 23.9 Å². The largest absolute Gasteiger partial charge is 0.377 e. The Kier molecular flexibility index (Phi) is 4.63. The van der Waals surface area contributed by atoms with Crippen molar-refractivity contribution in [1.82, 2.24) is 10.2 Å². The number of para-hydroxylation sites is 1. The van der Waals surface area contributed by atoms with E-state index in [-0.39, 0.29) is 18.2 Å². The molecule has 0 spiro atoms. The van der Waals surface area contributed by atoms with Gasteiger partial charge in [-0.05, 0) is 12.1 Å². The molecule has 1 aliphatic heterocycles. The first-order chi connectivity index (χ1) is 11.2. The Balaban J connectivity index is 1.63. The first-order valence-corrected chi connectivity index (χ1v) is 7.96. The van der Waals surface area contributed by atoms with Crippen molar-refractivity contribution >= 4 is 34.0 Å². The van der Waals surface area contributed by atoms with E-state index in [4.69, 9.17) is 4.74 Å². The van der Waals surface area contributed by atoms with Crippen LogP contribution < -0.4 is 10.2 Å². The predicted molar refractivity (Wildman–Crippen MR) is 86.2 cm³/mol. The van der Waals surface area contributed by atoms with Crippen LogP contribution in [-0.4, -0.2) is 35.7 Å². The smallest absolute Gasteiger partial charge is 0.231 e. The molecule has 120 valence electrons. The summed E-state index contributed by atoms with van der Waals surface area (Å²) in [5.41, 5.74) is 0.811. The number of nitrogens with one attached hydrogen (secondary N) is 1. The van der Waals surface area contributed by atoms with E-state index in [1.165, 1.54) is 11.3 Å². The van der Waals surface area contributed by atoms with Gasteiger partial charge in [0.1, 0.15) is 11.6 Å². The summed E-state index contributed by atoms with van der Waals surface area (Å²) in [5, 5.41) is 11.7. The Morgan fingerprint density at radius 3 is 2.91 bits per heavy atom. The lowest BCUT2D eigenvalue weighted by molar-refractivity contribution is -0.122. The fraction of sp³-hybridized carbons (Fsp3) is 0.333. The second-order valence-electron chi connectivity index (χ2n) is 5.16. The van der Waals surface area contributed by atoms with Crippen LogP contribution >= 0.6 is 11.3 Å². The van der Waals surface area contributed by atoms with E-state index >= 15 is 0 Å². The number of anilines is 2. The van der Waals surface area contributed by atoms with E-state index in [0.29, 0.717) is 23.3 Å². The SMILES string of the molecule is COCc1nnc(NC(=O)C2CC(=O)N(c3ccccc3)C2)s1. The van der Waals surface area contributed by atoms with Gasteiger partial charge in [0.25, 0.3) is 0 Å². The molecule has 23 heavy (non-hydrogen) atoms.